The van der Waals surface area contributed by atoms with Gasteiger partial charge in [0.25, 0.3) is 5.91 Å². The molecule has 1 N–H and O–H groups in total. The van der Waals surface area contributed by atoms with Gasteiger partial charge in [0.1, 0.15) is 16.5 Å². The topological polar surface area (TPSA) is 75.7 Å². The number of alkyl halides is 3. The van der Waals surface area contributed by atoms with E-state index in [0.717, 1.165) is 28.6 Å². The van der Waals surface area contributed by atoms with Crippen LogP contribution in [0, 0.1) is 5.82 Å². The number of halogens is 4. The molecule has 164 valence electrons. The van der Waals surface area contributed by atoms with Crippen LogP contribution in [-0.2, 0) is 16.6 Å². The number of amides is 1. The Balaban J connectivity index is 2.24. The minimum Gasteiger partial charge on any atom is -0.405 e. The van der Waals surface area contributed by atoms with Gasteiger partial charge >= 0.3 is 6.36 Å². The predicted molar refractivity (Wildman–Crippen MR) is 101 cm³/mol. The monoisotopic (exact) mass is 448 g/mol. The lowest BCUT2D eigenvalue weighted by Crippen LogP contribution is -2.31. The van der Waals surface area contributed by atoms with E-state index in [4.69, 9.17) is 0 Å². The minimum atomic E-state index is -4.90. The number of sulfonamides is 1. The number of para-hydroxylation sites is 1. The Labute approximate surface area is 171 Å². The average Bonchev–Trinajstić information content (AvgIpc) is 2.66. The van der Waals surface area contributed by atoms with E-state index < -0.39 is 38.8 Å². The lowest BCUT2D eigenvalue weighted by molar-refractivity contribution is -0.274. The average molecular weight is 448 g/mol. The maximum absolute atomic E-state index is 14.2. The Morgan fingerprint density at radius 1 is 1.10 bits per heavy atom. The van der Waals surface area contributed by atoms with Gasteiger partial charge in [-0.1, -0.05) is 32.0 Å². The van der Waals surface area contributed by atoms with Crippen LogP contribution in [0.5, 0.6) is 5.75 Å². The van der Waals surface area contributed by atoms with Gasteiger partial charge in [0, 0.05) is 30.8 Å². The van der Waals surface area contributed by atoms with Crippen LogP contribution in [0.4, 0.5) is 17.6 Å². The molecule has 0 saturated heterocycles. The van der Waals surface area contributed by atoms with Gasteiger partial charge in [0.05, 0.1) is 0 Å². The van der Waals surface area contributed by atoms with Crippen molar-refractivity contribution >= 4 is 15.9 Å². The van der Waals surface area contributed by atoms with Crippen LogP contribution >= 0.6 is 0 Å². The van der Waals surface area contributed by atoms with E-state index in [1.807, 2.05) is 0 Å². The van der Waals surface area contributed by atoms with Gasteiger partial charge in [-0.05, 0) is 24.3 Å². The normalized spacial score (nSPS) is 12.1. The molecule has 11 heteroatoms. The number of nitrogens with one attached hydrogen (secondary N) is 1. The molecule has 2 rings (SSSR count). The molecule has 0 heterocycles. The molecular formula is C19H20F4N2O4S. The third kappa shape index (κ3) is 5.70. The fourth-order valence-corrected chi connectivity index (χ4v) is 4.24. The Bertz CT molecular complexity index is 1010. The fourth-order valence-electron chi connectivity index (χ4n) is 2.70. The Morgan fingerprint density at radius 2 is 1.73 bits per heavy atom. The number of nitrogens with zero attached hydrogens (tertiary/aromatic N) is 1. The van der Waals surface area contributed by atoms with E-state index in [0.29, 0.717) is 0 Å². The summed E-state index contributed by atoms with van der Waals surface area (Å²) in [7, 11) is -4.15. The molecule has 0 aliphatic rings. The highest BCUT2D eigenvalue weighted by Gasteiger charge is 2.32. The molecule has 2 aromatic rings. The quantitative estimate of drug-likeness (QED) is 0.625. The summed E-state index contributed by atoms with van der Waals surface area (Å²) in [6.07, 6.45) is -4.90. The molecule has 0 aliphatic carbocycles. The largest absolute Gasteiger partial charge is 0.573 e. The second-order valence-electron chi connectivity index (χ2n) is 6.07. The molecule has 0 aromatic heterocycles. The Kier molecular flexibility index (Phi) is 7.43. The van der Waals surface area contributed by atoms with Gasteiger partial charge in [0.2, 0.25) is 10.0 Å². The molecule has 0 aliphatic heterocycles. The van der Waals surface area contributed by atoms with E-state index in [1.54, 1.807) is 13.8 Å². The number of hydrogen-bond donors (Lipinski definition) is 1. The summed E-state index contributed by atoms with van der Waals surface area (Å²) in [5.74, 6) is -2.27. The van der Waals surface area contributed by atoms with Gasteiger partial charge in [-0.15, -0.1) is 13.2 Å². The second kappa shape index (κ2) is 9.43. The molecule has 2 aromatic carbocycles. The van der Waals surface area contributed by atoms with Crippen LogP contribution in [0.25, 0.3) is 0 Å². The molecule has 0 unspecified atom stereocenters. The maximum atomic E-state index is 14.2. The summed E-state index contributed by atoms with van der Waals surface area (Å²) in [5.41, 5.74) is -0.0994. The molecule has 0 spiro atoms. The zero-order valence-electron chi connectivity index (χ0n) is 16.2. The molecule has 30 heavy (non-hydrogen) atoms. The Hall–Kier alpha value is -2.66. The highest BCUT2D eigenvalue weighted by molar-refractivity contribution is 7.89. The summed E-state index contributed by atoms with van der Waals surface area (Å²) in [6.45, 7) is 3.10. The molecule has 0 bridgehead atoms. The first-order valence-corrected chi connectivity index (χ1v) is 10.3. The van der Waals surface area contributed by atoms with Crippen molar-refractivity contribution in [1.29, 1.82) is 0 Å². The molecule has 0 radical (unpaired) electrons. The van der Waals surface area contributed by atoms with Crippen molar-refractivity contribution in [2.75, 3.05) is 13.1 Å². The van der Waals surface area contributed by atoms with Crippen molar-refractivity contribution in [3.8, 4) is 5.75 Å². The van der Waals surface area contributed by atoms with E-state index in [9.17, 15) is 30.8 Å². The first-order chi connectivity index (χ1) is 14.0. The zero-order valence-corrected chi connectivity index (χ0v) is 17.0. The van der Waals surface area contributed by atoms with Crippen molar-refractivity contribution in [2.24, 2.45) is 0 Å². The summed E-state index contributed by atoms with van der Waals surface area (Å²) in [4.78, 5) is 11.8. The maximum Gasteiger partial charge on any atom is 0.573 e. The van der Waals surface area contributed by atoms with E-state index in [1.165, 1.54) is 18.2 Å². The van der Waals surface area contributed by atoms with Gasteiger partial charge in [0.15, 0.2) is 0 Å². The van der Waals surface area contributed by atoms with Gasteiger partial charge in [-0.2, -0.15) is 4.31 Å². The molecule has 0 fully saturated rings. The summed E-state index contributed by atoms with van der Waals surface area (Å²) < 4.78 is 81.8. The first kappa shape index (κ1) is 23.6. The van der Waals surface area contributed by atoms with Crippen LogP contribution in [0.15, 0.2) is 47.4 Å². The highest BCUT2D eigenvalue weighted by Crippen LogP contribution is 2.26. The lowest BCUT2D eigenvalue weighted by atomic mass is 10.1. The number of hydrogen-bond acceptors (Lipinski definition) is 4. The number of rotatable bonds is 8. The summed E-state index contributed by atoms with van der Waals surface area (Å²) in [5, 5.41) is 2.38. The SMILES string of the molecule is CCN(CC)S(=O)(=O)c1cc(C(=O)NCc2ccccc2OC(F)(F)F)ccc1F. The summed E-state index contributed by atoms with van der Waals surface area (Å²) in [6, 6.07) is 8.09. The second-order valence-corrected chi connectivity index (χ2v) is 7.98. The molecule has 1 amide bonds. The van der Waals surface area contributed by atoms with Crippen LogP contribution in [0.2, 0.25) is 0 Å². The van der Waals surface area contributed by atoms with Crippen molar-refractivity contribution in [2.45, 2.75) is 31.7 Å². The van der Waals surface area contributed by atoms with E-state index >= 15 is 0 Å². The third-order valence-electron chi connectivity index (χ3n) is 4.15. The number of carbonyl (C=O) groups excluding carboxylic acids is 1. The van der Waals surface area contributed by atoms with Gasteiger partial charge in [-0.3, -0.25) is 4.79 Å². The molecule has 0 atom stereocenters. The van der Waals surface area contributed by atoms with Crippen LogP contribution in [0.1, 0.15) is 29.8 Å². The van der Waals surface area contributed by atoms with Crippen molar-refractivity contribution in [3.63, 3.8) is 0 Å². The molecular weight excluding hydrogens is 428 g/mol. The fraction of sp³-hybridized carbons (Fsp3) is 0.316. The minimum absolute atomic E-state index is 0.0567. The Morgan fingerprint density at radius 3 is 2.33 bits per heavy atom. The summed E-state index contributed by atoms with van der Waals surface area (Å²) >= 11 is 0. The first-order valence-electron chi connectivity index (χ1n) is 8.91. The number of carbonyl (C=O) groups is 1. The predicted octanol–water partition coefficient (Wildman–Crippen LogP) is 3.68. The van der Waals surface area contributed by atoms with Crippen LogP contribution in [-0.4, -0.2) is 38.1 Å². The van der Waals surface area contributed by atoms with Crippen LogP contribution < -0.4 is 10.1 Å². The van der Waals surface area contributed by atoms with Gasteiger partial charge < -0.3 is 10.1 Å². The van der Waals surface area contributed by atoms with E-state index in [-0.39, 0.29) is 30.8 Å². The zero-order chi connectivity index (χ0) is 22.5. The lowest BCUT2D eigenvalue weighted by Gasteiger charge is -2.19. The smallest absolute Gasteiger partial charge is 0.405 e. The van der Waals surface area contributed by atoms with Crippen molar-refractivity contribution in [3.05, 3.63) is 59.4 Å². The molecule has 6 nitrogen and oxygen atoms in total. The third-order valence-corrected chi connectivity index (χ3v) is 6.22. The number of ether oxygens (including phenoxy) is 1. The van der Waals surface area contributed by atoms with Gasteiger partial charge in [-0.25, -0.2) is 12.8 Å². The standard InChI is InChI=1S/C19H20F4N2O4S/c1-3-25(4-2)30(27,28)17-11-13(9-10-15(17)20)18(26)24-12-14-7-5-6-8-16(14)29-19(21,22)23/h5-11H,3-4,12H2,1-2H3,(H,24,26). The highest BCUT2D eigenvalue weighted by atomic mass is 32.2. The van der Waals surface area contributed by atoms with Crippen molar-refractivity contribution < 1.29 is 35.5 Å². The van der Waals surface area contributed by atoms with E-state index in [2.05, 4.69) is 10.1 Å². The van der Waals surface area contributed by atoms with Crippen LogP contribution in [0.3, 0.4) is 0 Å². The van der Waals surface area contributed by atoms with Crippen molar-refractivity contribution in [1.82, 2.24) is 9.62 Å². The number of benzene rings is 2. The molecule has 0 saturated carbocycles.